The molecule has 4 rings (SSSR count). The van der Waals surface area contributed by atoms with Gasteiger partial charge in [-0.1, -0.05) is 54.2 Å². The lowest BCUT2D eigenvalue weighted by molar-refractivity contribution is -0.137. The minimum atomic E-state index is -4.36. The maximum absolute atomic E-state index is 13.6. The first-order valence-corrected chi connectivity index (χ1v) is 11.2. The molecule has 0 aliphatic carbocycles. The van der Waals surface area contributed by atoms with Crippen molar-refractivity contribution < 1.29 is 22.7 Å². The number of rotatable bonds is 5. The minimum absolute atomic E-state index is 0.193. The lowest BCUT2D eigenvalue weighted by Crippen LogP contribution is -2.33. The van der Waals surface area contributed by atoms with Gasteiger partial charge in [0.05, 0.1) is 24.3 Å². The second kappa shape index (κ2) is 9.24. The van der Waals surface area contributed by atoms with Gasteiger partial charge in [0.2, 0.25) is 0 Å². The number of nitrogens with zero attached hydrogens (tertiary/aromatic N) is 2. The Hall–Kier alpha value is -3.00. The van der Waals surface area contributed by atoms with Crippen molar-refractivity contribution in [3.63, 3.8) is 0 Å². The van der Waals surface area contributed by atoms with Crippen LogP contribution in [0.4, 0.5) is 13.2 Å². The van der Waals surface area contributed by atoms with Crippen LogP contribution in [0.2, 0.25) is 0 Å². The van der Waals surface area contributed by atoms with E-state index in [2.05, 4.69) is 4.99 Å². The highest BCUT2D eigenvalue weighted by Gasteiger charge is 2.31. The number of carbonyl (C=O) groups excluding carboxylic acids is 1. The number of amides is 1. The normalized spacial score (nSPS) is 14.0. The monoisotopic (exact) mass is 458 g/mol. The zero-order chi connectivity index (χ0) is 22.7. The zero-order valence-corrected chi connectivity index (χ0v) is 18.2. The van der Waals surface area contributed by atoms with Crippen LogP contribution in [0.25, 0.3) is 10.8 Å². The van der Waals surface area contributed by atoms with E-state index in [0.29, 0.717) is 41.9 Å². The highest BCUT2D eigenvalue weighted by molar-refractivity contribution is 8.13. The number of benzene rings is 3. The van der Waals surface area contributed by atoms with Gasteiger partial charge in [0.15, 0.2) is 5.17 Å². The van der Waals surface area contributed by atoms with Crippen LogP contribution in [-0.4, -0.2) is 35.7 Å². The lowest BCUT2D eigenvalue weighted by Gasteiger charge is -2.21. The fourth-order valence-electron chi connectivity index (χ4n) is 3.56. The molecule has 3 aromatic carbocycles. The van der Waals surface area contributed by atoms with Crippen molar-refractivity contribution in [2.45, 2.75) is 18.9 Å². The molecule has 0 saturated carbocycles. The minimum Gasteiger partial charge on any atom is -0.493 e. The lowest BCUT2D eigenvalue weighted by atomic mass is 10.0. The number of fused-ring (bicyclic) bond motifs is 1. The summed E-state index contributed by atoms with van der Waals surface area (Å²) in [6.07, 6.45) is -4.36. The molecule has 0 bridgehead atoms. The van der Waals surface area contributed by atoms with Crippen LogP contribution in [0.15, 0.2) is 65.7 Å². The molecular weight excluding hydrogens is 437 g/mol. The average molecular weight is 459 g/mol. The van der Waals surface area contributed by atoms with E-state index in [0.717, 1.165) is 28.5 Å². The van der Waals surface area contributed by atoms with E-state index in [1.807, 2.05) is 37.3 Å². The van der Waals surface area contributed by atoms with Gasteiger partial charge >= 0.3 is 6.18 Å². The third kappa shape index (κ3) is 4.60. The molecule has 1 aliphatic heterocycles. The van der Waals surface area contributed by atoms with Crippen LogP contribution in [0, 0.1) is 0 Å². The smallest absolute Gasteiger partial charge is 0.416 e. The average Bonchev–Trinajstić information content (AvgIpc) is 3.26. The summed E-state index contributed by atoms with van der Waals surface area (Å²) in [7, 11) is 0. The maximum Gasteiger partial charge on any atom is 0.416 e. The Morgan fingerprint density at radius 3 is 2.56 bits per heavy atom. The van der Waals surface area contributed by atoms with E-state index >= 15 is 0 Å². The second-order valence-corrected chi connectivity index (χ2v) is 8.14. The Balaban J connectivity index is 1.55. The topological polar surface area (TPSA) is 41.9 Å². The number of carbonyl (C=O) groups is 1. The van der Waals surface area contributed by atoms with Gasteiger partial charge in [-0.2, -0.15) is 13.2 Å². The Morgan fingerprint density at radius 1 is 1.09 bits per heavy atom. The van der Waals surface area contributed by atoms with E-state index in [9.17, 15) is 18.0 Å². The first-order chi connectivity index (χ1) is 15.4. The zero-order valence-electron chi connectivity index (χ0n) is 17.4. The van der Waals surface area contributed by atoms with Crippen molar-refractivity contribution in [2.24, 2.45) is 4.99 Å². The number of halogens is 3. The number of amidine groups is 1. The summed E-state index contributed by atoms with van der Waals surface area (Å²) in [5.41, 5.74) is 0.542. The van der Waals surface area contributed by atoms with Crippen LogP contribution in [0.3, 0.4) is 0 Å². The van der Waals surface area contributed by atoms with E-state index in [1.54, 1.807) is 11.0 Å². The van der Waals surface area contributed by atoms with Crippen molar-refractivity contribution in [1.29, 1.82) is 0 Å². The molecule has 0 fully saturated rings. The molecule has 1 heterocycles. The van der Waals surface area contributed by atoms with E-state index in [-0.39, 0.29) is 5.91 Å². The summed E-state index contributed by atoms with van der Waals surface area (Å²) in [6, 6.07) is 16.4. The van der Waals surface area contributed by atoms with Gasteiger partial charge in [-0.15, -0.1) is 0 Å². The number of thioether (sulfide) groups is 1. The Labute approximate surface area is 188 Å². The Kier molecular flexibility index (Phi) is 6.41. The van der Waals surface area contributed by atoms with Crippen molar-refractivity contribution in [2.75, 3.05) is 19.7 Å². The predicted molar refractivity (Wildman–Crippen MR) is 121 cm³/mol. The molecule has 0 aromatic heterocycles. The molecule has 8 heteroatoms. The standard InChI is InChI=1S/C24H21F3N2O2S/c1-2-31-20-12-9-17-5-3-4-6-19(17)21(20)22(30)29-14-13-28-23(29)32-15-16-7-10-18(11-8-16)24(25,26)27/h3-12H,2,13-15H2,1H3. The summed E-state index contributed by atoms with van der Waals surface area (Å²) >= 11 is 1.34. The second-order valence-electron chi connectivity index (χ2n) is 7.20. The third-order valence-electron chi connectivity index (χ3n) is 5.10. The maximum atomic E-state index is 13.6. The van der Waals surface area contributed by atoms with E-state index in [4.69, 9.17) is 4.74 Å². The van der Waals surface area contributed by atoms with Gasteiger partial charge in [-0.05, 0) is 41.5 Å². The van der Waals surface area contributed by atoms with Gasteiger partial charge < -0.3 is 4.74 Å². The number of hydrogen-bond donors (Lipinski definition) is 0. The third-order valence-corrected chi connectivity index (χ3v) is 6.19. The molecule has 32 heavy (non-hydrogen) atoms. The molecule has 0 atom stereocenters. The number of ether oxygens (including phenoxy) is 1. The molecule has 0 unspecified atom stereocenters. The molecule has 0 radical (unpaired) electrons. The van der Waals surface area contributed by atoms with Gasteiger partial charge in [0.1, 0.15) is 5.75 Å². The molecule has 0 spiro atoms. The largest absolute Gasteiger partial charge is 0.493 e. The van der Waals surface area contributed by atoms with Crippen molar-refractivity contribution in [1.82, 2.24) is 4.90 Å². The summed E-state index contributed by atoms with van der Waals surface area (Å²) in [4.78, 5) is 19.6. The molecule has 166 valence electrons. The van der Waals surface area contributed by atoms with Gasteiger partial charge in [0.25, 0.3) is 5.91 Å². The molecular formula is C24H21F3N2O2S. The van der Waals surface area contributed by atoms with Gasteiger partial charge in [-0.25, -0.2) is 0 Å². The van der Waals surface area contributed by atoms with Crippen LogP contribution in [0.5, 0.6) is 5.75 Å². The van der Waals surface area contributed by atoms with Crippen molar-refractivity contribution in [3.05, 3.63) is 77.4 Å². The van der Waals surface area contributed by atoms with Crippen LogP contribution in [0.1, 0.15) is 28.4 Å². The van der Waals surface area contributed by atoms with Crippen LogP contribution >= 0.6 is 11.8 Å². The summed E-state index contributed by atoms with van der Waals surface area (Å²) in [5.74, 6) is 0.742. The van der Waals surface area contributed by atoms with Gasteiger partial charge in [-0.3, -0.25) is 14.7 Å². The molecule has 3 aromatic rings. The first-order valence-electron chi connectivity index (χ1n) is 10.2. The molecule has 1 amide bonds. The van der Waals surface area contributed by atoms with Crippen molar-refractivity contribution >= 4 is 33.6 Å². The molecule has 0 N–H and O–H groups in total. The SMILES string of the molecule is CCOc1ccc2ccccc2c1C(=O)N1CCN=C1SCc1ccc(C(F)(F)F)cc1. The highest BCUT2D eigenvalue weighted by atomic mass is 32.2. The van der Waals surface area contributed by atoms with Crippen molar-refractivity contribution in [3.8, 4) is 5.75 Å². The van der Waals surface area contributed by atoms with E-state index in [1.165, 1.54) is 23.9 Å². The van der Waals surface area contributed by atoms with Gasteiger partial charge in [0, 0.05) is 12.3 Å². The summed E-state index contributed by atoms with van der Waals surface area (Å²) in [6.45, 7) is 3.23. The van der Waals surface area contributed by atoms with Crippen LogP contribution in [-0.2, 0) is 11.9 Å². The first kappa shape index (κ1) is 22.2. The summed E-state index contributed by atoms with van der Waals surface area (Å²) in [5, 5.41) is 2.31. The van der Waals surface area contributed by atoms with E-state index < -0.39 is 11.7 Å². The number of alkyl halides is 3. The van der Waals surface area contributed by atoms with Crippen LogP contribution < -0.4 is 4.74 Å². The highest BCUT2D eigenvalue weighted by Crippen LogP contribution is 2.32. The number of hydrogen-bond acceptors (Lipinski definition) is 4. The fourth-order valence-corrected chi connectivity index (χ4v) is 4.56. The fraction of sp³-hybridized carbons (Fsp3) is 0.250. The number of aliphatic imine (C=N–C) groups is 1. The molecule has 0 saturated heterocycles. The quantitative estimate of drug-likeness (QED) is 0.471. The summed E-state index contributed by atoms with van der Waals surface area (Å²) < 4.78 is 44.1. The molecule has 1 aliphatic rings. The Morgan fingerprint density at radius 2 is 1.84 bits per heavy atom. The predicted octanol–water partition coefficient (Wildman–Crippen LogP) is 6.00. The molecule has 4 nitrogen and oxygen atoms in total. The Bertz CT molecular complexity index is 1160.